The Hall–Kier alpha value is -3.35. The van der Waals surface area contributed by atoms with Crippen molar-refractivity contribution in [2.75, 3.05) is 5.32 Å². The van der Waals surface area contributed by atoms with Crippen molar-refractivity contribution in [2.24, 2.45) is 0 Å². The molecule has 0 bridgehead atoms. The zero-order valence-electron chi connectivity index (χ0n) is 16.2. The fourth-order valence-corrected chi connectivity index (χ4v) is 3.59. The lowest BCUT2D eigenvalue weighted by atomic mass is 10.0. The Morgan fingerprint density at radius 2 is 1.73 bits per heavy atom. The van der Waals surface area contributed by atoms with Crippen LogP contribution in [-0.2, 0) is 19.0 Å². The number of amides is 1. The van der Waals surface area contributed by atoms with Crippen molar-refractivity contribution in [2.45, 2.75) is 32.4 Å². The summed E-state index contributed by atoms with van der Waals surface area (Å²) in [5.41, 5.74) is 3.57. The average molecular weight is 412 g/mol. The van der Waals surface area contributed by atoms with Gasteiger partial charge in [0, 0.05) is 11.6 Å². The number of nitrogens with one attached hydrogen (secondary N) is 1. The summed E-state index contributed by atoms with van der Waals surface area (Å²) in [7, 11) is 0. The summed E-state index contributed by atoms with van der Waals surface area (Å²) < 4.78 is 43.8. The number of halogens is 3. The molecule has 0 radical (unpaired) electrons. The van der Waals surface area contributed by atoms with Crippen molar-refractivity contribution in [3.8, 4) is 11.6 Å². The van der Waals surface area contributed by atoms with Crippen molar-refractivity contribution in [1.29, 1.82) is 0 Å². The average Bonchev–Trinajstić information content (AvgIpc) is 3.22. The molecule has 1 N–H and O–H groups in total. The van der Waals surface area contributed by atoms with Crippen LogP contribution in [0.5, 0.6) is 11.6 Å². The van der Waals surface area contributed by atoms with Crippen molar-refractivity contribution >= 4 is 11.6 Å². The van der Waals surface area contributed by atoms with E-state index in [1.165, 1.54) is 22.9 Å². The van der Waals surface area contributed by atoms with Crippen molar-refractivity contribution in [1.82, 2.24) is 4.98 Å². The molecule has 0 saturated heterocycles. The van der Waals surface area contributed by atoms with Crippen LogP contribution in [-0.4, -0.2) is 10.9 Å². The molecule has 0 spiro atoms. The third-order valence-electron chi connectivity index (χ3n) is 5.16. The minimum absolute atomic E-state index is 0.124. The van der Waals surface area contributed by atoms with E-state index in [1.54, 1.807) is 12.1 Å². The van der Waals surface area contributed by atoms with Gasteiger partial charge >= 0.3 is 6.18 Å². The van der Waals surface area contributed by atoms with Gasteiger partial charge in [-0.15, -0.1) is 0 Å². The molecule has 0 fully saturated rings. The number of pyridine rings is 1. The van der Waals surface area contributed by atoms with E-state index in [0.717, 1.165) is 49.3 Å². The predicted molar refractivity (Wildman–Crippen MR) is 107 cm³/mol. The summed E-state index contributed by atoms with van der Waals surface area (Å²) in [5.74, 6) is 0.679. The number of fused-ring (bicyclic) bond motifs is 1. The van der Waals surface area contributed by atoms with Crippen LogP contribution in [0.25, 0.3) is 0 Å². The Labute approximate surface area is 171 Å². The maximum atomic E-state index is 12.6. The maximum Gasteiger partial charge on any atom is 0.416 e. The van der Waals surface area contributed by atoms with Crippen LogP contribution < -0.4 is 10.1 Å². The van der Waals surface area contributed by atoms with Gasteiger partial charge in [-0.3, -0.25) is 4.79 Å². The van der Waals surface area contributed by atoms with E-state index in [9.17, 15) is 18.0 Å². The number of ether oxygens (including phenoxy) is 1. The summed E-state index contributed by atoms with van der Waals surface area (Å²) in [4.78, 5) is 16.5. The van der Waals surface area contributed by atoms with Crippen molar-refractivity contribution < 1.29 is 22.7 Å². The fourth-order valence-electron chi connectivity index (χ4n) is 3.59. The minimum atomic E-state index is -4.44. The van der Waals surface area contributed by atoms with Crippen LogP contribution in [0.2, 0.25) is 0 Å². The van der Waals surface area contributed by atoms with Gasteiger partial charge in [-0.05, 0) is 79.3 Å². The first-order chi connectivity index (χ1) is 14.3. The molecule has 4 nitrogen and oxygen atoms in total. The quantitative estimate of drug-likeness (QED) is 0.577. The third kappa shape index (κ3) is 4.15. The van der Waals surface area contributed by atoms with Gasteiger partial charge in [-0.2, -0.15) is 13.2 Å². The van der Waals surface area contributed by atoms with Gasteiger partial charge in [0.2, 0.25) is 5.88 Å². The van der Waals surface area contributed by atoms with Crippen LogP contribution in [0.4, 0.5) is 18.9 Å². The van der Waals surface area contributed by atoms with Gasteiger partial charge in [-0.25, -0.2) is 4.98 Å². The molecular formula is C23H19F3N2O2. The smallest absolute Gasteiger partial charge is 0.416 e. The number of benzene rings is 2. The van der Waals surface area contributed by atoms with Crippen LogP contribution >= 0.6 is 0 Å². The minimum Gasteiger partial charge on any atom is -0.439 e. The first kappa shape index (κ1) is 19.9. The molecule has 30 heavy (non-hydrogen) atoms. The van der Waals surface area contributed by atoms with Gasteiger partial charge in [0.05, 0.1) is 17.4 Å². The second-order valence-corrected chi connectivity index (χ2v) is 7.21. The zero-order valence-corrected chi connectivity index (χ0v) is 16.2. The number of carbonyl (C=O) groups excluding carboxylic acids is 1. The SMILES string of the molecule is Cc1ccc(Oc2ccc(NC(=O)c3ccc(C(F)(F)F)cc3)cn2)c2c1CCC2. The molecule has 154 valence electrons. The first-order valence-corrected chi connectivity index (χ1v) is 9.55. The van der Waals surface area contributed by atoms with Crippen LogP contribution in [0.1, 0.15) is 39.0 Å². The molecular weight excluding hydrogens is 393 g/mol. The van der Waals surface area contributed by atoms with Gasteiger partial charge in [-0.1, -0.05) is 6.07 Å². The summed E-state index contributed by atoms with van der Waals surface area (Å²) in [6.07, 6.45) is 0.158. The second-order valence-electron chi connectivity index (χ2n) is 7.21. The van der Waals surface area contributed by atoms with Crippen molar-refractivity contribution in [3.05, 3.63) is 82.5 Å². The topological polar surface area (TPSA) is 51.2 Å². The van der Waals surface area contributed by atoms with Gasteiger partial charge in [0.25, 0.3) is 5.91 Å². The number of rotatable bonds is 4. The monoisotopic (exact) mass is 412 g/mol. The fraction of sp³-hybridized carbons (Fsp3) is 0.217. The highest BCUT2D eigenvalue weighted by Gasteiger charge is 2.30. The molecule has 1 aromatic heterocycles. The highest BCUT2D eigenvalue weighted by atomic mass is 19.4. The number of hydrogen-bond acceptors (Lipinski definition) is 3. The number of aryl methyl sites for hydroxylation is 1. The van der Waals surface area contributed by atoms with E-state index >= 15 is 0 Å². The number of aromatic nitrogens is 1. The van der Waals surface area contributed by atoms with E-state index in [1.807, 2.05) is 12.1 Å². The lowest BCUT2D eigenvalue weighted by Crippen LogP contribution is -2.13. The molecule has 1 heterocycles. The predicted octanol–water partition coefficient (Wildman–Crippen LogP) is 5.94. The Morgan fingerprint density at radius 1 is 1.00 bits per heavy atom. The number of anilines is 1. The van der Waals surface area contributed by atoms with E-state index in [-0.39, 0.29) is 5.56 Å². The van der Waals surface area contributed by atoms with Crippen LogP contribution in [0.3, 0.4) is 0 Å². The van der Waals surface area contributed by atoms with Crippen molar-refractivity contribution in [3.63, 3.8) is 0 Å². The first-order valence-electron chi connectivity index (χ1n) is 9.55. The summed E-state index contributed by atoms with van der Waals surface area (Å²) in [6.45, 7) is 2.10. The van der Waals surface area contributed by atoms with Gasteiger partial charge < -0.3 is 10.1 Å². The normalized spacial score (nSPS) is 13.1. The summed E-state index contributed by atoms with van der Waals surface area (Å²) in [5, 5.41) is 2.62. The molecule has 2 aromatic carbocycles. The largest absolute Gasteiger partial charge is 0.439 e. The molecule has 0 saturated carbocycles. The van der Waals surface area contributed by atoms with E-state index < -0.39 is 17.6 Å². The molecule has 1 aliphatic rings. The molecule has 1 aliphatic carbocycles. The van der Waals surface area contributed by atoms with E-state index in [2.05, 4.69) is 17.2 Å². The Bertz CT molecular complexity index is 1080. The second kappa shape index (κ2) is 7.82. The number of alkyl halides is 3. The summed E-state index contributed by atoms with van der Waals surface area (Å²) >= 11 is 0. The summed E-state index contributed by atoms with van der Waals surface area (Å²) in [6, 6.07) is 11.3. The van der Waals surface area contributed by atoms with E-state index in [0.29, 0.717) is 11.6 Å². The lowest BCUT2D eigenvalue weighted by Gasteiger charge is -2.12. The Balaban J connectivity index is 1.43. The third-order valence-corrected chi connectivity index (χ3v) is 5.16. The molecule has 1 amide bonds. The zero-order chi connectivity index (χ0) is 21.3. The molecule has 4 rings (SSSR count). The standard InChI is InChI=1S/C23H19F3N2O2/c1-14-5-11-20(19-4-2-3-18(14)19)30-21-12-10-17(13-27-21)28-22(29)15-6-8-16(9-7-15)23(24,25)26/h5-13H,2-4H2,1H3,(H,28,29). The molecule has 3 aromatic rings. The number of nitrogens with zero attached hydrogens (tertiary/aromatic N) is 1. The lowest BCUT2D eigenvalue weighted by molar-refractivity contribution is -0.137. The Kier molecular flexibility index (Phi) is 5.20. The van der Waals surface area contributed by atoms with Gasteiger partial charge in [0.15, 0.2) is 0 Å². The highest BCUT2D eigenvalue weighted by molar-refractivity contribution is 6.04. The number of carbonyl (C=O) groups is 1. The Morgan fingerprint density at radius 3 is 2.40 bits per heavy atom. The van der Waals surface area contributed by atoms with Crippen LogP contribution in [0, 0.1) is 6.92 Å². The van der Waals surface area contributed by atoms with Gasteiger partial charge in [0.1, 0.15) is 5.75 Å². The van der Waals surface area contributed by atoms with Crippen LogP contribution in [0.15, 0.2) is 54.7 Å². The molecule has 0 atom stereocenters. The molecule has 7 heteroatoms. The molecule has 0 aliphatic heterocycles. The number of hydrogen-bond donors (Lipinski definition) is 1. The maximum absolute atomic E-state index is 12.6. The molecule has 0 unspecified atom stereocenters. The van der Waals surface area contributed by atoms with E-state index in [4.69, 9.17) is 4.74 Å². The highest BCUT2D eigenvalue weighted by Crippen LogP contribution is 2.35.